The first-order chi connectivity index (χ1) is 6.92. The monoisotopic (exact) mass is 188 g/mol. The van der Waals surface area contributed by atoms with Gasteiger partial charge in [-0.15, -0.1) is 0 Å². The van der Waals surface area contributed by atoms with Crippen LogP contribution in [0.2, 0.25) is 0 Å². The summed E-state index contributed by atoms with van der Waals surface area (Å²) in [5.41, 5.74) is 4.31. The third-order valence-corrected chi connectivity index (χ3v) is 3.04. The zero-order chi connectivity index (χ0) is 9.38. The molecule has 1 aromatic carbocycles. The smallest absolute Gasteiger partial charge is 0.0345 e. The quantitative estimate of drug-likeness (QED) is 0.740. The predicted molar refractivity (Wildman–Crippen MR) is 58.5 cm³/mol. The van der Waals surface area contributed by atoms with Gasteiger partial charge in [0, 0.05) is 18.3 Å². The summed E-state index contributed by atoms with van der Waals surface area (Å²) in [7, 11) is 0. The highest BCUT2D eigenvalue weighted by molar-refractivity contribution is 5.50. The van der Waals surface area contributed by atoms with Gasteiger partial charge < -0.3 is 10.6 Å². The Morgan fingerprint density at radius 2 is 2.14 bits per heavy atom. The van der Waals surface area contributed by atoms with Crippen molar-refractivity contribution in [1.29, 1.82) is 0 Å². The first-order valence-corrected chi connectivity index (χ1v) is 5.51. The lowest BCUT2D eigenvalue weighted by Gasteiger charge is -2.18. The lowest BCUT2D eigenvalue weighted by Crippen LogP contribution is -2.23. The van der Waals surface area contributed by atoms with Crippen LogP contribution in [-0.4, -0.2) is 12.6 Å². The molecule has 1 heterocycles. The van der Waals surface area contributed by atoms with Gasteiger partial charge in [-0.1, -0.05) is 6.07 Å². The first-order valence-electron chi connectivity index (χ1n) is 5.51. The highest BCUT2D eigenvalue weighted by Gasteiger charge is 2.21. The fourth-order valence-corrected chi connectivity index (χ4v) is 2.03. The summed E-state index contributed by atoms with van der Waals surface area (Å²) in [5, 5.41) is 6.94. The van der Waals surface area contributed by atoms with Crippen LogP contribution in [0.3, 0.4) is 0 Å². The Morgan fingerprint density at radius 1 is 1.21 bits per heavy atom. The van der Waals surface area contributed by atoms with Crippen molar-refractivity contribution in [3.8, 4) is 0 Å². The zero-order valence-corrected chi connectivity index (χ0v) is 8.34. The van der Waals surface area contributed by atoms with E-state index in [1.807, 2.05) is 0 Å². The van der Waals surface area contributed by atoms with Gasteiger partial charge in [0.05, 0.1) is 0 Å². The molecule has 0 atom stereocenters. The van der Waals surface area contributed by atoms with Crippen LogP contribution >= 0.6 is 0 Å². The lowest BCUT2D eigenvalue weighted by molar-refractivity contribution is 0.644. The summed E-state index contributed by atoms with van der Waals surface area (Å²) in [6.45, 7) is 2.17. The van der Waals surface area contributed by atoms with Gasteiger partial charge in [-0.05, 0) is 49.1 Å². The van der Waals surface area contributed by atoms with Crippen LogP contribution in [0.4, 0.5) is 5.69 Å². The zero-order valence-electron chi connectivity index (χ0n) is 8.34. The van der Waals surface area contributed by atoms with Gasteiger partial charge in [0.1, 0.15) is 0 Å². The van der Waals surface area contributed by atoms with Crippen molar-refractivity contribution < 1.29 is 0 Å². The predicted octanol–water partition coefficient (Wildman–Crippen LogP) is 1.91. The van der Waals surface area contributed by atoms with Gasteiger partial charge in [-0.25, -0.2) is 0 Å². The van der Waals surface area contributed by atoms with Gasteiger partial charge in [0.15, 0.2) is 0 Å². The van der Waals surface area contributed by atoms with Crippen molar-refractivity contribution >= 4 is 5.69 Å². The van der Waals surface area contributed by atoms with Gasteiger partial charge in [-0.3, -0.25) is 0 Å². The molecule has 0 spiro atoms. The molecule has 1 aromatic rings. The number of rotatable bonds is 2. The molecule has 1 aliphatic carbocycles. The molecule has 14 heavy (non-hydrogen) atoms. The maximum Gasteiger partial charge on any atom is 0.0345 e. The topological polar surface area (TPSA) is 24.1 Å². The second-order valence-electron chi connectivity index (χ2n) is 4.33. The summed E-state index contributed by atoms with van der Waals surface area (Å²) in [4.78, 5) is 0. The number of benzene rings is 1. The third-order valence-electron chi connectivity index (χ3n) is 3.04. The Balaban J connectivity index is 1.84. The van der Waals surface area contributed by atoms with Gasteiger partial charge in [0.25, 0.3) is 0 Å². The lowest BCUT2D eigenvalue weighted by atomic mass is 10.0. The van der Waals surface area contributed by atoms with Crippen LogP contribution in [0.1, 0.15) is 24.0 Å². The summed E-state index contributed by atoms with van der Waals surface area (Å²) >= 11 is 0. The molecule has 0 bridgehead atoms. The van der Waals surface area contributed by atoms with Crippen molar-refractivity contribution in [2.75, 3.05) is 11.9 Å². The van der Waals surface area contributed by atoms with E-state index < -0.39 is 0 Å². The largest absolute Gasteiger partial charge is 0.382 e. The molecule has 0 unspecified atom stereocenters. The normalized spacial score (nSPS) is 20.3. The van der Waals surface area contributed by atoms with Crippen LogP contribution < -0.4 is 10.6 Å². The van der Waals surface area contributed by atoms with Crippen LogP contribution in [0, 0.1) is 0 Å². The Kier molecular flexibility index (Phi) is 1.95. The van der Waals surface area contributed by atoms with E-state index in [1.165, 1.54) is 36.1 Å². The standard InChI is InChI=1S/C12H16N2/c1-2-12(14-11-3-4-11)7-9-5-6-13-8-10(1)9/h1-2,7,11,13-14H,3-6,8H2. The van der Waals surface area contributed by atoms with E-state index in [0.717, 1.165) is 19.1 Å². The molecule has 0 saturated heterocycles. The number of nitrogens with one attached hydrogen (secondary N) is 2. The number of anilines is 1. The molecule has 0 amide bonds. The Labute approximate surface area is 84.7 Å². The molecular weight excluding hydrogens is 172 g/mol. The van der Waals surface area contributed by atoms with Crippen LogP contribution in [-0.2, 0) is 13.0 Å². The molecular formula is C12H16N2. The number of hydrogen-bond donors (Lipinski definition) is 2. The molecule has 2 N–H and O–H groups in total. The first kappa shape index (κ1) is 8.30. The van der Waals surface area contributed by atoms with E-state index in [1.54, 1.807) is 0 Å². The molecule has 74 valence electrons. The molecule has 2 heteroatoms. The molecule has 1 aliphatic heterocycles. The van der Waals surface area contributed by atoms with Crippen molar-refractivity contribution in [3.05, 3.63) is 29.3 Å². The van der Waals surface area contributed by atoms with E-state index in [2.05, 4.69) is 28.8 Å². The highest BCUT2D eigenvalue weighted by Crippen LogP contribution is 2.26. The Morgan fingerprint density at radius 3 is 3.00 bits per heavy atom. The number of fused-ring (bicyclic) bond motifs is 1. The number of hydrogen-bond acceptors (Lipinski definition) is 2. The average Bonchev–Trinajstić information content (AvgIpc) is 3.02. The fourth-order valence-electron chi connectivity index (χ4n) is 2.03. The maximum absolute atomic E-state index is 3.55. The van der Waals surface area contributed by atoms with E-state index in [9.17, 15) is 0 Å². The van der Waals surface area contributed by atoms with Crippen LogP contribution in [0.15, 0.2) is 18.2 Å². The molecule has 2 aliphatic rings. The summed E-state index contributed by atoms with van der Waals surface area (Å²) < 4.78 is 0. The van der Waals surface area contributed by atoms with E-state index in [4.69, 9.17) is 0 Å². The summed E-state index contributed by atoms with van der Waals surface area (Å²) in [5.74, 6) is 0. The van der Waals surface area contributed by atoms with Gasteiger partial charge in [0.2, 0.25) is 0 Å². The highest BCUT2D eigenvalue weighted by atomic mass is 15.0. The molecule has 0 radical (unpaired) electrons. The molecule has 3 rings (SSSR count). The second-order valence-corrected chi connectivity index (χ2v) is 4.33. The van der Waals surface area contributed by atoms with Crippen molar-refractivity contribution in [2.45, 2.75) is 31.8 Å². The van der Waals surface area contributed by atoms with E-state index in [0.29, 0.717) is 0 Å². The second kappa shape index (κ2) is 3.28. The summed E-state index contributed by atoms with van der Waals surface area (Å²) in [6, 6.07) is 7.56. The van der Waals surface area contributed by atoms with Crippen LogP contribution in [0.5, 0.6) is 0 Å². The van der Waals surface area contributed by atoms with E-state index >= 15 is 0 Å². The van der Waals surface area contributed by atoms with Crippen molar-refractivity contribution in [3.63, 3.8) is 0 Å². The minimum absolute atomic E-state index is 0.759. The minimum atomic E-state index is 0.759. The molecule has 1 fully saturated rings. The SMILES string of the molecule is c1cc2c(cc1NC1CC1)CCNC2. The maximum atomic E-state index is 3.55. The van der Waals surface area contributed by atoms with Crippen LogP contribution in [0.25, 0.3) is 0 Å². The van der Waals surface area contributed by atoms with Gasteiger partial charge in [-0.2, -0.15) is 0 Å². The molecule has 1 saturated carbocycles. The average molecular weight is 188 g/mol. The molecule has 2 nitrogen and oxygen atoms in total. The third kappa shape index (κ3) is 1.62. The fraction of sp³-hybridized carbons (Fsp3) is 0.500. The van der Waals surface area contributed by atoms with Crippen molar-refractivity contribution in [1.82, 2.24) is 5.32 Å². The molecule has 0 aromatic heterocycles. The Hall–Kier alpha value is -1.02. The minimum Gasteiger partial charge on any atom is -0.382 e. The summed E-state index contributed by atoms with van der Waals surface area (Å²) in [6.07, 6.45) is 3.87. The van der Waals surface area contributed by atoms with Gasteiger partial charge >= 0.3 is 0 Å². The Bertz CT molecular complexity index is 342. The van der Waals surface area contributed by atoms with Crippen molar-refractivity contribution in [2.24, 2.45) is 0 Å². The van der Waals surface area contributed by atoms with E-state index in [-0.39, 0.29) is 0 Å².